The highest BCUT2D eigenvalue weighted by Gasteiger charge is 2.60. The van der Waals surface area contributed by atoms with Gasteiger partial charge in [0, 0.05) is 5.41 Å². The summed E-state index contributed by atoms with van der Waals surface area (Å²) in [4.78, 5) is 12.8. The zero-order valence-corrected chi connectivity index (χ0v) is 15.7. The van der Waals surface area contributed by atoms with Crippen LogP contribution in [-0.4, -0.2) is 19.2 Å². The second-order valence-electron chi connectivity index (χ2n) is 6.97. The Kier molecular flexibility index (Phi) is 4.94. The van der Waals surface area contributed by atoms with E-state index >= 15 is 0 Å². The van der Waals surface area contributed by atoms with Gasteiger partial charge in [-0.15, -0.1) is 0 Å². The van der Waals surface area contributed by atoms with Crippen molar-refractivity contribution in [2.45, 2.75) is 11.8 Å². The second-order valence-corrected chi connectivity index (χ2v) is 6.97. The third kappa shape index (κ3) is 3.41. The fraction of sp³-hybridized carbons (Fsp3) is 0.167. The van der Waals surface area contributed by atoms with Crippen LogP contribution in [0.1, 0.15) is 23.1 Å². The van der Waals surface area contributed by atoms with Crippen LogP contribution >= 0.6 is 0 Å². The van der Waals surface area contributed by atoms with Crippen LogP contribution in [-0.2, 0) is 10.2 Å². The lowest BCUT2D eigenvalue weighted by atomic mass is 9.85. The van der Waals surface area contributed by atoms with Crippen LogP contribution in [0.3, 0.4) is 0 Å². The molecular weight excluding hydrogens is 348 g/mol. The van der Waals surface area contributed by atoms with Crippen molar-refractivity contribution in [1.82, 2.24) is 5.43 Å². The number of amides is 1. The maximum atomic E-state index is 12.8. The van der Waals surface area contributed by atoms with E-state index in [9.17, 15) is 4.79 Å². The number of nitrogens with zero attached hydrogens (tertiary/aromatic N) is 1. The summed E-state index contributed by atoms with van der Waals surface area (Å²) in [5.41, 5.74) is 5.63. The van der Waals surface area contributed by atoms with Crippen molar-refractivity contribution in [1.29, 1.82) is 0 Å². The molecule has 1 aliphatic rings. The van der Waals surface area contributed by atoms with E-state index in [0.29, 0.717) is 0 Å². The van der Waals surface area contributed by atoms with Gasteiger partial charge in [0.2, 0.25) is 5.91 Å². The molecule has 1 saturated carbocycles. The quantitative estimate of drug-likeness (QED) is 0.523. The minimum absolute atomic E-state index is 0.0631. The van der Waals surface area contributed by atoms with Crippen molar-refractivity contribution in [3.8, 4) is 5.75 Å². The van der Waals surface area contributed by atoms with Crippen molar-refractivity contribution >= 4 is 12.1 Å². The van der Waals surface area contributed by atoms with E-state index in [1.807, 2.05) is 60.7 Å². The number of methoxy groups -OCH3 is 1. The number of ether oxygens (including phenoxy) is 1. The molecule has 0 spiro atoms. The molecule has 0 aliphatic heterocycles. The van der Waals surface area contributed by atoms with E-state index in [-0.39, 0.29) is 17.2 Å². The van der Waals surface area contributed by atoms with Gasteiger partial charge < -0.3 is 4.74 Å². The van der Waals surface area contributed by atoms with Crippen LogP contribution in [0.5, 0.6) is 5.75 Å². The third-order valence-corrected chi connectivity index (χ3v) is 5.34. The first kappa shape index (κ1) is 18.0. The Bertz CT molecular complexity index is 944. The first-order valence-electron chi connectivity index (χ1n) is 9.32. The van der Waals surface area contributed by atoms with Crippen molar-refractivity contribution < 1.29 is 9.53 Å². The topological polar surface area (TPSA) is 50.7 Å². The minimum Gasteiger partial charge on any atom is -0.497 e. The highest BCUT2D eigenvalue weighted by atomic mass is 16.5. The van der Waals surface area contributed by atoms with Gasteiger partial charge in [-0.1, -0.05) is 72.8 Å². The minimum atomic E-state index is -0.280. The number of hydrogen-bond donors (Lipinski definition) is 1. The van der Waals surface area contributed by atoms with Crippen LogP contribution < -0.4 is 10.2 Å². The maximum absolute atomic E-state index is 12.8. The first-order chi connectivity index (χ1) is 13.7. The Morgan fingerprint density at radius 1 is 1.00 bits per heavy atom. The summed E-state index contributed by atoms with van der Waals surface area (Å²) in [5.74, 6) is 0.552. The van der Waals surface area contributed by atoms with Gasteiger partial charge in [-0.3, -0.25) is 4.79 Å². The second kappa shape index (κ2) is 7.69. The number of hydrazone groups is 1. The van der Waals surface area contributed by atoms with Crippen LogP contribution in [0.15, 0.2) is 90.0 Å². The van der Waals surface area contributed by atoms with Gasteiger partial charge in [0.05, 0.1) is 19.2 Å². The van der Waals surface area contributed by atoms with Crippen LogP contribution in [0, 0.1) is 5.92 Å². The lowest BCUT2D eigenvalue weighted by Crippen LogP contribution is -2.25. The molecule has 4 heteroatoms. The van der Waals surface area contributed by atoms with E-state index in [4.69, 9.17) is 4.74 Å². The number of hydrogen-bond acceptors (Lipinski definition) is 3. The van der Waals surface area contributed by atoms with Crippen LogP contribution in [0.4, 0.5) is 0 Å². The molecule has 0 unspecified atom stereocenters. The van der Waals surface area contributed by atoms with E-state index in [0.717, 1.165) is 28.9 Å². The summed E-state index contributed by atoms with van der Waals surface area (Å²) >= 11 is 0. The fourth-order valence-electron chi connectivity index (χ4n) is 3.83. The molecule has 1 N–H and O–H groups in total. The maximum Gasteiger partial charge on any atom is 0.244 e. The molecule has 1 fully saturated rings. The zero-order valence-electron chi connectivity index (χ0n) is 15.7. The lowest BCUT2D eigenvalue weighted by Gasteiger charge is -2.18. The summed E-state index contributed by atoms with van der Waals surface area (Å²) in [6.07, 6.45) is 2.41. The molecule has 28 heavy (non-hydrogen) atoms. The molecule has 1 atom stereocenters. The molecule has 4 nitrogen and oxygen atoms in total. The Labute approximate surface area is 164 Å². The average Bonchev–Trinajstić information content (AvgIpc) is 3.52. The highest BCUT2D eigenvalue weighted by molar-refractivity contribution is 5.87. The Balaban J connectivity index is 1.52. The highest BCUT2D eigenvalue weighted by Crippen LogP contribution is 2.58. The van der Waals surface area contributed by atoms with Crippen molar-refractivity contribution in [2.24, 2.45) is 11.0 Å². The molecule has 3 aromatic rings. The van der Waals surface area contributed by atoms with Gasteiger partial charge >= 0.3 is 0 Å². The summed E-state index contributed by atoms with van der Waals surface area (Å²) in [6.45, 7) is 0. The van der Waals surface area contributed by atoms with Crippen molar-refractivity contribution in [2.75, 3.05) is 7.11 Å². The molecule has 4 rings (SSSR count). The van der Waals surface area contributed by atoms with Gasteiger partial charge in [0.1, 0.15) is 5.75 Å². The summed E-state index contributed by atoms with van der Waals surface area (Å²) < 4.78 is 5.21. The average molecular weight is 370 g/mol. The summed E-state index contributed by atoms with van der Waals surface area (Å²) in [6, 6.07) is 28.0. The summed E-state index contributed by atoms with van der Waals surface area (Å²) in [5, 5.41) is 4.15. The van der Waals surface area contributed by atoms with Crippen LogP contribution in [0.2, 0.25) is 0 Å². The van der Waals surface area contributed by atoms with Crippen molar-refractivity contribution in [3.05, 3.63) is 102 Å². The third-order valence-electron chi connectivity index (χ3n) is 5.34. The van der Waals surface area contributed by atoms with Crippen molar-refractivity contribution in [3.63, 3.8) is 0 Å². The standard InChI is InChI=1S/C24H22N2O2/c1-28-21-14-8-9-18(15-21)17-25-26-23(27)22-16-24(22,19-10-4-2-5-11-19)20-12-6-3-7-13-20/h2-15,17,22H,16H2,1H3,(H,26,27)/t22-/m0/s1. The van der Waals surface area contributed by atoms with Crippen LogP contribution in [0.25, 0.3) is 0 Å². The molecule has 0 bridgehead atoms. The molecule has 0 saturated heterocycles. The van der Waals surface area contributed by atoms with Gasteiger partial charge in [-0.05, 0) is 35.2 Å². The zero-order chi connectivity index (χ0) is 19.4. The van der Waals surface area contributed by atoms with E-state index in [2.05, 4.69) is 34.8 Å². The number of nitrogens with one attached hydrogen (secondary N) is 1. The molecule has 140 valence electrons. The molecule has 1 aliphatic carbocycles. The number of carbonyl (C=O) groups excluding carboxylic acids is 1. The predicted octanol–water partition coefficient (Wildman–Crippen LogP) is 4.15. The lowest BCUT2D eigenvalue weighted by molar-refractivity contribution is -0.122. The largest absolute Gasteiger partial charge is 0.497 e. The Morgan fingerprint density at radius 3 is 2.25 bits per heavy atom. The Hall–Kier alpha value is -3.40. The molecule has 0 heterocycles. The monoisotopic (exact) mass is 370 g/mol. The number of carbonyl (C=O) groups is 1. The predicted molar refractivity (Wildman–Crippen MR) is 111 cm³/mol. The molecule has 1 amide bonds. The molecule has 0 radical (unpaired) electrons. The van der Waals surface area contributed by atoms with Gasteiger partial charge in [-0.25, -0.2) is 5.43 Å². The molecular formula is C24H22N2O2. The van der Waals surface area contributed by atoms with Gasteiger partial charge in [0.25, 0.3) is 0 Å². The smallest absolute Gasteiger partial charge is 0.244 e. The van der Waals surface area contributed by atoms with E-state index in [1.165, 1.54) is 0 Å². The fourth-order valence-corrected chi connectivity index (χ4v) is 3.83. The normalized spacial score (nSPS) is 17.2. The first-order valence-corrected chi connectivity index (χ1v) is 9.32. The molecule has 3 aromatic carbocycles. The SMILES string of the molecule is COc1cccc(C=NNC(=O)[C@@H]2CC2(c2ccccc2)c2ccccc2)c1. The van der Waals surface area contributed by atoms with E-state index in [1.54, 1.807) is 13.3 Å². The number of benzene rings is 3. The number of rotatable bonds is 6. The van der Waals surface area contributed by atoms with Gasteiger partial charge in [0.15, 0.2) is 0 Å². The Morgan fingerprint density at radius 2 is 1.64 bits per heavy atom. The van der Waals surface area contributed by atoms with Gasteiger partial charge in [-0.2, -0.15) is 5.10 Å². The molecule has 0 aromatic heterocycles. The van der Waals surface area contributed by atoms with E-state index < -0.39 is 0 Å². The summed E-state index contributed by atoms with van der Waals surface area (Å²) in [7, 11) is 1.62.